The molecule has 1 atom stereocenters. The molecule has 1 saturated heterocycles. The Balaban J connectivity index is 1.73. The molecule has 2 saturated carbocycles. The number of amides is 1. The summed E-state index contributed by atoms with van der Waals surface area (Å²) >= 11 is 0. The first-order valence-electron chi connectivity index (χ1n) is 7.45. The molecule has 1 unspecified atom stereocenters. The maximum absolute atomic E-state index is 12.6. The van der Waals surface area contributed by atoms with Gasteiger partial charge in [0.05, 0.1) is 17.8 Å². The van der Waals surface area contributed by atoms with Gasteiger partial charge < -0.3 is 10.0 Å². The highest BCUT2D eigenvalue weighted by Gasteiger charge is 2.59. The van der Waals surface area contributed by atoms with E-state index in [9.17, 15) is 9.90 Å². The molecule has 18 heavy (non-hydrogen) atoms. The smallest absolute Gasteiger partial charge is 0.244 e. The second-order valence-electron chi connectivity index (χ2n) is 6.21. The summed E-state index contributed by atoms with van der Waals surface area (Å²) in [5.74, 6) is 0.335. The Kier molecular flexibility index (Phi) is 3.10. The van der Waals surface area contributed by atoms with Crippen LogP contribution in [0.4, 0.5) is 0 Å². The Labute approximate surface area is 109 Å². The summed E-state index contributed by atoms with van der Waals surface area (Å²) in [4.78, 5) is 14.7. The van der Waals surface area contributed by atoms with E-state index in [1.54, 1.807) is 0 Å². The highest BCUT2D eigenvalue weighted by Crippen LogP contribution is 2.44. The molecule has 2 N–H and O–H groups in total. The molecule has 1 aliphatic heterocycles. The normalized spacial score (nSPS) is 38.4. The van der Waals surface area contributed by atoms with Crippen LogP contribution >= 0.6 is 0 Å². The molecule has 0 aromatic rings. The van der Waals surface area contributed by atoms with Crippen LogP contribution in [0.1, 0.15) is 58.3 Å². The van der Waals surface area contributed by atoms with Crippen molar-refractivity contribution >= 4 is 5.91 Å². The van der Waals surface area contributed by atoms with Gasteiger partial charge in [0, 0.05) is 6.04 Å². The van der Waals surface area contributed by atoms with Gasteiger partial charge in [-0.25, -0.2) is 0 Å². The van der Waals surface area contributed by atoms with Crippen LogP contribution in [0, 0.1) is 0 Å². The van der Waals surface area contributed by atoms with Crippen molar-refractivity contribution in [2.45, 2.75) is 82.1 Å². The van der Waals surface area contributed by atoms with Crippen LogP contribution in [0.2, 0.25) is 0 Å². The van der Waals surface area contributed by atoms with Crippen LogP contribution in [0.3, 0.4) is 0 Å². The van der Waals surface area contributed by atoms with Crippen molar-refractivity contribution < 1.29 is 9.90 Å². The molecule has 1 heterocycles. The second kappa shape index (κ2) is 4.49. The highest BCUT2D eigenvalue weighted by atomic mass is 16.3. The molecule has 3 rings (SSSR count). The fraction of sp³-hybridized carbons (Fsp3) is 0.929. The van der Waals surface area contributed by atoms with E-state index in [0.29, 0.717) is 11.9 Å². The molecule has 1 amide bonds. The van der Waals surface area contributed by atoms with Gasteiger partial charge in [0.25, 0.3) is 0 Å². The molecule has 4 nitrogen and oxygen atoms in total. The second-order valence-corrected chi connectivity index (χ2v) is 6.21. The lowest BCUT2D eigenvalue weighted by molar-refractivity contribution is -0.134. The minimum atomic E-state index is -0.185. The van der Waals surface area contributed by atoms with Crippen LogP contribution in [-0.2, 0) is 4.79 Å². The van der Waals surface area contributed by atoms with Crippen molar-refractivity contribution in [2.24, 2.45) is 0 Å². The number of carbonyl (C=O) groups is 1. The molecule has 2 aliphatic carbocycles. The first-order chi connectivity index (χ1) is 8.66. The van der Waals surface area contributed by atoms with E-state index >= 15 is 0 Å². The van der Waals surface area contributed by atoms with Crippen LogP contribution in [0.5, 0.6) is 0 Å². The molecular formula is C14H24N2O2. The Morgan fingerprint density at radius 2 is 2.00 bits per heavy atom. The monoisotopic (exact) mass is 252 g/mol. The topological polar surface area (TPSA) is 52.6 Å². The lowest BCUT2D eigenvalue weighted by Gasteiger charge is -2.36. The van der Waals surface area contributed by atoms with Crippen LogP contribution in [0.15, 0.2) is 0 Å². The number of hydrogen-bond donors (Lipinski definition) is 2. The lowest BCUT2D eigenvalue weighted by atomic mass is 9.91. The number of carbonyl (C=O) groups excluding carboxylic acids is 1. The van der Waals surface area contributed by atoms with E-state index in [2.05, 4.69) is 17.1 Å². The minimum absolute atomic E-state index is 0.147. The SMILES string of the molecule is CCCC1NC2(CC2)C(=O)N1C1CCC(O)CC1. The summed E-state index contributed by atoms with van der Waals surface area (Å²) in [6.07, 6.45) is 7.89. The molecule has 102 valence electrons. The largest absolute Gasteiger partial charge is 0.393 e. The molecule has 4 heteroatoms. The molecule has 3 aliphatic rings. The Morgan fingerprint density at radius 3 is 2.56 bits per heavy atom. The Bertz CT molecular complexity index is 333. The molecule has 0 aromatic carbocycles. The van der Waals surface area contributed by atoms with Crippen LogP contribution < -0.4 is 5.32 Å². The summed E-state index contributed by atoms with van der Waals surface area (Å²) in [5.41, 5.74) is -0.185. The van der Waals surface area contributed by atoms with Gasteiger partial charge in [-0.1, -0.05) is 13.3 Å². The number of hydrogen-bond acceptors (Lipinski definition) is 3. The first-order valence-corrected chi connectivity index (χ1v) is 7.45. The van der Waals surface area contributed by atoms with Gasteiger partial charge in [0.2, 0.25) is 5.91 Å². The first kappa shape index (κ1) is 12.4. The van der Waals surface area contributed by atoms with Crippen molar-refractivity contribution in [3.05, 3.63) is 0 Å². The van der Waals surface area contributed by atoms with Crippen LogP contribution in [0.25, 0.3) is 0 Å². The fourth-order valence-corrected chi connectivity index (χ4v) is 3.56. The third-order valence-corrected chi connectivity index (χ3v) is 4.79. The number of nitrogens with zero attached hydrogens (tertiary/aromatic N) is 1. The van der Waals surface area contributed by atoms with Crippen molar-refractivity contribution in [1.29, 1.82) is 0 Å². The third-order valence-electron chi connectivity index (χ3n) is 4.79. The molecule has 0 aromatic heterocycles. The molecular weight excluding hydrogens is 228 g/mol. The zero-order valence-corrected chi connectivity index (χ0v) is 11.2. The summed E-state index contributed by atoms with van der Waals surface area (Å²) < 4.78 is 0. The Hall–Kier alpha value is -0.610. The molecule has 0 radical (unpaired) electrons. The van der Waals surface area contributed by atoms with Gasteiger partial charge >= 0.3 is 0 Å². The third kappa shape index (κ3) is 1.95. The molecule has 1 spiro atoms. The van der Waals surface area contributed by atoms with E-state index in [0.717, 1.165) is 51.4 Å². The fourth-order valence-electron chi connectivity index (χ4n) is 3.56. The quantitative estimate of drug-likeness (QED) is 0.798. The highest BCUT2D eigenvalue weighted by molar-refractivity contribution is 5.92. The van der Waals surface area contributed by atoms with Gasteiger partial charge in [-0.3, -0.25) is 10.1 Å². The van der Waals surface area contributed by atoms with Gasteiger partial charge in [-0.05, 0) is 44.9 Å². The number of aliphatic hydroxyl groups excluding tert-OH is 1. The van der Waals surface area contributed by atoms with E-state index in [-0.39, 0.29) is 17.8 Å². The zero-order valence-electron chi connectivity index (χ0n) is 11.2. The standard InChI is InChI=1S/C14H24N2O2/c1-2-3-12-15-14(8-9-14)13(18)16(12)10-4-6-11(17)7-5-10/h10-12,15,17H,2-9H2,1H3. The summed E-state index contributed by atoms with van der Waals surface area (Å²) in [6, 6.07) is 0.352. The number of rotatable bonds is 3. The predicted octanol–water partition coefficient (Wildman–Crippen LogP) is 1.38. The van der Waals surface area contributed by atoms with Crippen molar-refractivity contribution in [3.63, 3.8) is 0 Å². The lowest BCUT2D eigenvalue weighted by Crippen LogP contribution is -2.46. The number of aliphatic hydroxyl groups is 1. The van der Waals surface area contributed by atoms with Crippen molar-refractivity contribution in [1.82, 2.24) is 10.2 Å². The van der Waals surface area contributed by atoms with E-state index in [4.69, 9.17) is 0 Å². The molecule has 0 bridgehead atoms. The summed E-state index contributed by atoms with van der Waals surface area (Å²) in [6.45, 7) is 2.17. The van der Waals surface area contributed by atoms with Gasteiger partial charge in [-0.15, -0.1) is 0 Å². The predicted molar refractivity (Wildman–Crippen MR) is 68.9 cm³/mol. The van der Waals surface area contributed by atoms with Crippen molar-refractivity contribution in [2.75, 3.05) is 0 Å². The Morgan fingerprint density at radius 1 is 1.33 bits per heavy atom. The average Bonchev–Trinajstić information content (AvgIpc) is 3.07. The van der Waals surface area contributed by atoms with Gasteiger partial charge in [-0.2, -0.15) is 0 Å². The average molecular weight is 252 g/mol. The maximum atomic E-state index is 12.6. The summed E-state index contributed by atoms with van der Waals surface area (Å²) in [7, 11) is 0. The van der Waals surface area contributed by atoms with E-state index < -0.39 is 0 Å². The maximum Gasteiger partial charge on any atom is 0.244 e. The van der Waals surface area contributed by atoms with Crippen LogP contribution in [-0.4, -0.2) is 39.8 Å². The molecule has 3 fully saturated rings. The number of nitrogens with one attached hydrogen (secondary N) is 1. The van der Waals surface area contributed by atoms with Crippen molar-refractivity contribution in [3.8, 4) is 0 Å². The van der Waals surface area contributed by atoms with Gasteiger partial charge in [0.1, 0.15) is 0 Å². The zero-order chi connectivity index (χ0) is 12.8. The van der Waals surface area contributed by atoms with Gasteiger partial charge in [0.15, 0.2) is 0 Å². The van der Waals surface area contributed by atoms with E-state index in [1.165, 1.54) is 0 Å². The van der Waals surface area contributed by atoms with E-state index in [1.807, 2.05) is 0 Å². The summed E-state index contributed by atoms with van der Waals surface area (Å²) in [5, 5.41) is 13.2. The minimum Gasteiger partial charge on any atom is -0.393 e.